The standard InChI is InChI=1S/C30H28N2O5S/c33-30(31-25-12-14-26(15-13-25)36-21-23-7-2-1-3-8-23)22-37-27-16-18-28(19-17-27)38(34,35)32-20-6-10-24-9-4-5-11-29(24)32/h1-5,7-9,11-19H,6,10,20-22H2,(H,31,33). The number of amides is 1. The van der Waals surface area contributed by atoms with Gasteiger partial charge in [0, 0.05) is 12.2 Å². The molecule has 0 atom stereocenters. The van der Waals surface area contributed by atoms with E-state index >= 15 is 0 Å². The second kappa shape index (κ2) is 11.4. The van der Waals surface area contributed by atoms with E-state index < -0.39 is 10.0 Å². The van der Waals surface area contributed by atoms with E-state index in [4.69, 9.17) is 9.47 Å². The molecule has 0 unspecified atom stereocenters. The molecular weight excluding hydrogens is 500 g/mol. The zero-order chi connectivity index (χ0) is 26.4. The Morgan fingerprint density at radius 3 is 2.21 bits per heavy atom. The van der Waals surface area contributed by atoms with Crippen molar-refractivity contribution in [2.24, 2.45) is 0 Å². The third kappa shape index (κ3) is 5.98. The highest BCUT2D eigenvalue weighted by atomic mass is 32.2. The summed E-state index contributed by atoms with van der Waals surface area (Å²) in [5.74, 6) is 0.776. The summed E-state index contributed by atoms with van der Waals surface area (Å²) in [7, 11) is -3.70. The molecule has 0 bridgehead atoms. The van der Waals surface area contributed by atoms with Gasteiger partial charge in [-0.2, -0.15) is 0 Å². The van der Waals surface area contributed by atoms with Gasteiger partial charge in [0.15, 0.2) is 6.61 Å². The third-order valence-corrected chi connectivity index (χ3v) is 8.06. The van der Waals surface area contributed by atoms with Crippen molar-refractivity contribution in [1.29, 1.82) is 0 Å². The van der Waals surface area contributed by atoms with E-state index in [0.29, 0.717) is 30.3 Å². The minimum atomic E-state index is -3.70. The van der Waals surface area contributed by atoms with Crippen LogP contribution in [0.5, 0.6) is 11.5 Å². The highest BCUT2D eigenvalue weighted by Gasteiger charge is 2.28. The second-order valence-corrected chi connectivity index (χ2v) is 10.8. The van der Waals surface area contributed by atoms with E-state index in [1.165, 1.54) is 16.4 Å². The van der Waals surface area contributed by atoms with E-state index in [0.717, 1.165) is 29.7 Å². The first kappa shape index (κ1) is 25.4. The molecule has 8 heteroatoms. The quantitative estimate of drug-likeness (QED) is 0.313. The monoisotopic (exact) mass is 528 g/mol. The number of para-hydroxylation sites is 1. The minimum absolute atomic E-state index is 0.181. The van der Waals surface area contributed by atoms with Gasteiger partial charge in [0.25, 0.3) is 15.9 Å². The lowest BCUT2D eigenvalue weighted by Crippen LogP contribution is -2.35. The summed E-state index contributed by atoms with van der Waals surface area (Å²) in [6.07, 6.45) is 1.64. The van der Waals surface area contributed by atoms with E-state index in [2.05, 4.69) is 5.32 Å². The molecule has 194 valence electrons. The van der Waals surface area contributed by atoms with Crippen LogP contribution in [-0.4, -0.2) is 27.5 Å². The van der Waals surface area contributed by atoms with Crippen LogP contribution in [0.4, 0.5) is 11.4 Å². The lowest BCUT2D eigenvalue weighted by molar-refractivity contribution is -0.118. The van der Waals surface area contributed by atoms with Crippen LogP contribution in [0.2, 0.25) is 0 Å². The van der Waals surface area contributed by atoms with Gasteiger partial charge in [0.2, 0.25) is 0 Å². The summed E-state index contributed by atoms with van der Waals surface area (Å²) in [6, 6.07) is 30.7. The zero-order valence-electron chi connectivity index (χ0n) is 20.7. The Balaban J connectivity index is 1.13. The number of carbonyl (C=O) groups is 1. The van der Waals surface area contributed by atoms with Crippen LogP contribution in [0.3, 0.4) is 0 Å². The topological polar surface area (TPSA) is 84.9 Å². The highest BCUT2D eigenvalue weighted by Crippen LogP contribution is 2.32. The van der Waals surface area contributed by atoms with Crippen LogP contribution in [0.1, 0.15) is 17.5 Å². The number of hydrogen-bond donors (Lipinski definition) is 1. The Kier molecular flexibility index (Phi) is 7.60. The fourth-order valence-electron chi connectivity index (χ4n) is 4.31. The third-order valence-electron chi connectivity index (χ3n) is 6.24. The predicted octanol–water partition coefficient (Wildman–Crippen LogP) is 5.42. The number of aryl methyl sites for hydroxylation is 1. The van der Waals surface area contributed by atoms with E-state index in [1.807, 2.05) is 54.6 Å². The smallest absolute Gasteiger partial charge is 0.264 e. The number of fused-ring (bicyclic) bond motifs is 1. The summed E-state index contributed by atoms with van der Waals surface area (Å²) in [5, 5.41) is 2.78. The van der Waals surface area contributed by atoms with Gasteiger partial charge in [-0.1, -0.05) is 48.5 Å². The van der Waals surface area contributed by atoms with Gasteiger partial charge in [-0.25, -0.2) is 8.42 Å². The highest BCUT2D eigenvalue weighted by molar-refractivity contribution is 7.92. The normalized spacial score (nSPS) is 12.9. The van der Waals surface area contributed by atoms with Crippen LogP contribution < -0.4 is 19.1 Å². The average molecular weight is 529 g/mol. The molecule has 0 fully saturated rings. The molecule has 0 aliphatic carbocycles. The molecule has 5 rings (SSSR count). The summed E-state index contributed by atoms with van der Waals surface area (Å²) >= 11 is 0. The van der Waals surface area contributed by atoms with Gasteiger partial charge in [-0.05, 0) is 78.6 Å². The first-order valence-electron chi connectivity index (χ1n) is 12.4. The molecule has 0 saturated heterocycles. The van der Waals surface area contributed by atoms with E-state index in [9.17, 15) is 13.2 Å². The van der Waals surface area contributed by atoms with Gasteiger partial charge in [-0.3, -0.25) is 9.10 Å². The van der Waals surface area contributed by atoms with Crippen LogP contribution in [0.25, 0.3) is 0 Å². The molecule has 0 saturated carbocycles. The number of ether oxygens (including phenoxy) is 2. The Bertz CT molecular complexity index is 1490. The van der Waals surface area contributed by atoms with Gasteiger partial charge in [0.1, 0.15) is 18.1 Å². The fourth-order valence-corrected chi connectivity index (χ4v) is 5.85. The Morgan fingerprint density at radius 1 is 0.789 bits per heavy atom. The van der Waals surface area contributed by atoms with Crippen LogP contribution in [-0.2, 0) is 27.8 Å². The molecule has 1 heterocycles. The van der Waals surface area contributed by atoms with Crippen molar-refractivity contribution in [2.45, 2.75) is 24.3 Å². The molecule has 7 nitrogen and oxygen atoms in total. The number of nitrogens with one attached hydrogen (secondary N) is 1. The maximum atomic E-state index is 13.3. The van der Waals surface area contributed by atoms with E-state index in [-0.39, 0.29) is 17.4 Å². The Morgan fingerprint density at radius 2 is 1.45 bits per heavy atom. The van der Waals surface area contributed by atoms with Crippen LogP contribution in [0, 0.1) is 0 Å². The van der Waals surface area contributed by atoms with Crippen LogP contribution in [0.15, 0.2) is 108 Å². The number of carbonyl (C=O) groups excluding carboxylic acids is 1. The Labute approximate surface area is 222 Å². The SMILES string of the molecule is O=C(COc1ccc(S(=O)(=O)N2CCCc3ccccc32)cc1)Nc1ccc(OCc2ccccc2)cc1. The molecule has 1 aliphatic heterocycles. The van der Waals surface area contributed by atoms with Crippen molar-refractivity contribution in [3.63, 3.8) is 0 Å². The maximum Gasteiger partial charge on any atom is 0.264 e. The number of hydrogen-bond acceptors (Lipinski definition) is 5. The van der Waals surface area contributed by atoms with Crippen molar-refractivity contribution >= 4 is 27.3 Å². The van der Waals surface area contributed by atoms with Crippen molar-refractivity contribution in [1.82, 2.24) is 0 Å². The van der Waals surface area contributed by atoms with Crippen molar-refractivity contribution in [3.8, 4) is 11.5 Å². The molecule has 38 heavy (non-hydrogen) atoms. The fraction of sp³-hybridized carbons (Fsp3) is 0.167. The van der Waals surface area contributed by atoms with Crippen molar-refractivity contribution in [3.05, 3.63) is 114 Å². The minimum Gasteiger partial charge on any atom is -0.489 e. The van der Waals surface area contributed by atoms with Crippen LogP contribution >= 0.6 is 0 Å². The first-order valence-corrected chi connectivity index (χ1v) is 13.8. The van der Waals surface area contributed by atoms with Gasteiger partial charge in [0.05, 0.1) is 10.6 Å². The molecule has 1 aliphatic rings. The van der Waals surface area contributed by atoms with E-state index in [1.54, 1.807) is 36.4 Å². The Hall–Kier alpha value is -4.30. The molecule has 0 aromatic heterocycles. The molecule has 4 aromatic carbocycles. The molecule has 1 N–H and O–H groups in total. The molecular formula is C30H28N2O5S. The average Bonchev–Trinajstić information content (AvgIpc) is 2.96. The predicted molar refractivity (Wildman–Crippen MR) is 147 cm³/mol. The number of anilines is 2. The number of benzene rings is 4. The second-order valence-electron chi connectivity index (χ2n) is 8.92. The summed E-state index contributed by atoms with van der Waals surface area (Å²) in [4.78, 5) is 12.5. The number of rotatable bonds is 9. The first-order chi connectivity index (χ1) is 18.5. The molecule has 0 spiro atoms. The zero-order valence-corrected chi connectivity index (χ0v) is 21.6. The van der Waals surface area contributed by atoms with Crippen molar-refractivity contribution < 1.29 is 22.7 Å². The lowest BCUT2D eigenvalue weighted by atomic mass is 10.0. The molecule has 0 radical (unpaired) electrons. The molecule has 4 aromatic rings. The van der Waals surface area contributed by atoms with Gasteiger partial charge >= 0.3 is 0 Å². The largest absolute Gasteiger partial charge is 0.489 e. The summed E-state index contributed by atoms with van der Waals surface area (Å²) < 4.78 is 39.4. The lowest BCUT2D eigenvalue weighted by Gasteiger charge is -2.30. The maximum absolute atomic E-state index is 13.3. The van der Waals surface area contributed by atoms with Gasteiger partial charge in [-0.15, -0.1) is 0 Å². The number of sulfonamides is 1. The van der Waals surface area contributed by atoms with Gasteiger partial charge < -0.3 is 14.8 Å². The summed E-state index contributed by atoms with van der Waals surface area (Å²) in [6.45, 7) is 0.696. The molecule has 1 amide bonds. The number of nitrogens with zero attached hydrogens (tertiary/aromatic N) is 1. The summed E-state index contributed by atoms with van der Waals surface area (Å²) in [5.41, 5.74) is 3.45. The van der Waals surface area contributed by atoms with Crippen molar-refractivity contribution in [2.75, 3.05) is 22.8 Å².